The number of aryl methyl sites for hydroxylation is 1. The zero-order valence-electron chi connectivity index (χ0n) is 6.24. The summed E-state index contributed by atoms with van der Waals surface area (Å²) in [4.78, 5) is 17.9. The first-order valence-corrected chi connectivity index (χ1v) is 3.38. The summed E-state index contributed by atoms with van der Waals surface area (Å²) in [6, 6.07) is 0. The van der Waals surface area contributed by atoms with E-state index in [9.17, 15) is 4.79 Å². The molecule has 1 aromatic rings. The molecule has 4 nitrogen and oxygen atoms in total. The maximum absolute atomic E-state index is 9.95. The Kier molecular flexibility index (Phi) is 2.54. The molecular weight excluding hydrogens is 142 g/mol. The second-order valence-electron chi connectivity index (χ2n) is 2.01. The van der Waals surface area contributed by atoms with Gasteiger partial charge in [0.1, 0.15) is 0 Å². The van der Waals surface area contributed by atoms with Gasteiger partial charge in [0.25, 0.3) is 0 Å². The van der Waals surface area contributed by atoms with Crippen molar-refractivity contribution in [3.8, 4) is 0 Å². The molecule has 0 unspecified atom stereocenters. The van der Waals surface area contributed by atoms with Crippen LogP contribution in [0.5, 0.6) is 0 Å². The van der Waals surface area contributed by atoms with Gasteiger partial charge < -0.3 is 5.32 Å². The average molecular weight is 151 g/mol. The Morgan fingerprint density at radius 2 is 2.36 bits per heavy atom. The number of carbonyl (C=O) groups excluding carboxylic acids is 1. The largest absolute Gasteiger partial charge is 0.312 e. The number of hydrogen-bond acceptors (Lipinski definition) is 3. The van der Waals surface area contributed by atoms with Gasteiger partial charge in [-0.05, 0) is 6.42 Å². The Bertz CT molecular complexity index is 232. The molecule has 1 amide bonds. The molecule has 0 aromatic carbocycles. The van der Waals surface area contributed by atoms with Crippen molar-refractivity contribution in [1.82, 2.24) is 9.97 Å². The summed E-state index contributed by atoms with van der Waals surface area (Å²) < 4.78 is 0. The Balaban J connectivity index is 2.74. The van der Waals surface area contributed by atoms with Crippen LogP contribution < -0.4 is 5.32 Å². The van der Waals surface area contributed by atoms with Gasteiger partial charge in [0.2, 0.25) is 6.41 Å². The normalized spacial score (nSPS) is 9.18. The summed E-state index contributed by atoms with van der Waals surface area (Å²) in [6.45, 7) is 2.00. The molecule has 1 heterocycles. The summed E-state index contributed by atoms with van der Waals surface area (Å²) >= 11 is 0. The van der Waals surface area contributed by atoms with E-state index in [1.54, 1.807) is 6.20 Å². The van der Waals surface area contributed by atoms with Crippen LogP contribution in [0.4, 0.5) is 5.82 Å². The second-order valence-corrected chi connectivity index (χ2v) is 2.01. The molecule has 4 heteroatoms. The van der Waals surface area contributed by atoms with Crippen molar-refractivity contribution in [2.75, 3.05) is 5.32 Å². The van der Waals surface area contributed by atoms with Crippen LogP contribution in [0.1, 0.15) is 12.6 Å². The standard InChI is InChI=1S/C7H9N3O/c1-2-6-3-9-7(4-8-6)10-5-11/h3-5H,2H2,1H3,(H,9,10,11). The number of amides is 1. The molecule has 58 valence electrons. The maximum Gasteiger partial charge on any atom is 0.212 e. The lowest BCUT2D eigenvalue weighted by Gasteiger charge is -1.96. The van der Waals surface area contributed by atoms with Crippen molar-refractivity contribution < 1.29 is 4.79 Å². The van der Waals surface area contributed by atoms with Gasteiger partial charge in [-0.3, -0.25) is 9.78 Å². The summed E-state index contributed by atoms with van der Waals surface area (Å²) in [5.41, 5.74) is 0.918. The van der Waals surface area contributed by atoms with E-state index in [1.165, 1.54) is 6.20 Å². The highest BCUT2D eigenvalue weighted by Gasteiger charge is 1.92. The lowest BCUT2D eigenvalue weighted by molar-refractivity contribution is -0.105. The summed E-state index contributed by atoms with van der Waals surface area (Å²) in [6.07, 6.45) is 4.61. The van der Waals surface area contributed by atoms with Gasteiger partial charge in [-0.1, -0.05) is 6.92 Å². The molecule has 0 bridgehead atoms. The highest BCUT2D eigenvalue weighted by atomic mass is 16.1. The molecule has 0 saturated carbocycles. The third-order valence-electron chi connectivity index (χ3n) is 1.27. The first-order chi connectivity index (χ1) is 5.36. The summed E-state index contributed by atoms with van der Waals surface area (Å²) in [5.74, 6) is 0.484. The van der Waals surface area contributed by atoms with Gasteiger partial charge in [0.05, 0.1) is 18.1 Å². The number of rotatable bonds is 3. The molecule has 0 aliphatic carbocycles. The Morgan fingerprint density at radius 1 is 1.55 bits per heavy atom. The Morgan fingerprint density at radius 3 is 2.82 bits per heavy atom. The van der Waals surface area contributed by atoms with Gasteiger partial charge in [-0.15, -0.1) is 0 Å². The quantitative estimate of drug-likeness (QED) is 0.644. The van der Waals surface area contributed by atoms with Crippen LogP contribution in [0.3, 0.4) is 0 Å². The average Bonchev–Trinajstić information content (AvgIpc) is 2.07. The first-order valence-electron chi connectivity index (χ1n) is 3.38. The van der Waals surface area contributed by atoms with E-state index in [0.717, 1.165) is 12.1 Å². The molecule has 0 radical (unpaired) electrons. The van der Waals surface area contributed by atoms with Crippen molar-refractivity contribution in [1.29, 1.82) is 0 Å². The van der Waals surface area contributed by atoms with Crippen molar-refractivity contribution in [2.45, 2.75) is 13.3 Å². The van der Waals surface area contributed by atoms with Crippen molar-refractivity contribution in [2.24, 2.45) is 0 Å². The zero-order chi connectivity index (χ0) is 8.10. The van der Waals surface area contributed by atoms with Gasteiger partial charge in [-0.2, -0.15) is 0 Å². The smallest absolute Gasteiger partial charge is 0.212 e. The minimum Gasteiger partial charge on any atom is -0.312 e. The first kappa shape index (κ1) is 7.65. The van der Waals surface area contributed by atoms with Gasteiger partial charge in [-0.25, -0.2) is 4.98 Å². The van der Waals surface area contributed by atoms with Gasteiger partial charge >= 0.3 is 0 Å². The molecule has 1 N–H and O–H groups in total. The predicted octanol–water partition coefficient (Wildman–Crippen LogP) is 0.607. The van der Waals surface area contributed by atoms with Crippen molar-refractivity contribution in [3.05, 3.63) is 18.1 Å². The SMILES string of the molecule is CCc1cnc(NC=O)cn1. The second kappa shape index (κ2) is 3.65. The van der Waals surface area contributed by atoms with E-state index in [1.807, 2.05) is 6.92 Å². The molecule has 0 fully saturated rings. The summed E-state index contributed by atoms with van der Waals surface area (Å²) in [5, 5.41) is 2.40. The molecule has 0 aliphatic heterocycles. The van der Waals surface area contributed by atoms with E-state index >= 15 is 0 Å². The number of anilines is 1. The van der Waals surface area contributed by atoms with Crippen LogP contribution in [-0.4, -0.2) is 16.4 Å². The highest BCUT2D eigenvalue weighted by Crippen LogP contribution is 1.99. The number of aromatic nitrogens is 2. The van der Waals surface area contributed by atoms with E-state index < -0.39 is 0 Å². The third kappa shape index (κ3) is 2.00. The number of carbonyl (C=O) groups is 1. The molecule has 0 aliphatic rings. The summed E-state index contributed by atoms with van der Waals surface area (Å²) in [7, 11) is 0. The predicted molar refractivity (Wildman–Crippen MR) is 41.1 cm³/mol. The van der Waals surface area contributed by atoms with Crippen LogP contribution in [-0.2, 0) is 11.2 Å². The van der Waals surface area contributed by atoms with Crippen LogP contribution in [0.15, 0.2) is 12.4 Å². The monoisotopic (exact) mass is 151 g/mol. The highest BCUT2D eigenvalue weighted by molar-refractivity contribution is 5.67. The van der Waals surface area contributed by atoms with Crippen LogP contribution >= 0.6 is 0 Å². The fraction of sp³-hybridized carbons (Fsp3) is 0.286. The number of nitrogens with zero attached hydrogens (tertiary/aromatic N) is 2. The lowest BCUT2D eigenvalue weighted by atomic mass is 10.4. The van der Waals surface area contributed by atoms with Gasteiger partial charge in [0, 0.05) is 0 Å². The van der Waals surface area contributed by atoms with Gasteiger partial charge in [0.15, 0.2) is 5.82 Å². The van der Waals surface area contributed by atoms with E-state index in [-0.39, 0.29) is 0 Å². The van der Waals surface area contributed by atoms with E-state index in [0.29, 0.717) is 12.2 Å². The Labute approximate surface area is 64.7 Å². The molecule has 1 rings (SSSR count). The van der Waals surface area contributed by atoms with Crippen molar-refractivity contribution in [3.63, 3.8) is 0 Å². The fourth-order valence-corrected chi connectivity index (χ4v) is 0.672. The van der Waals surface area contributed by atoms with Crippen molar-refractivity contribution >= 4 is 12.2 Å². The minimum absolute atomic E-state index is 0.484. The molecular formula is C7H9N3O. The van der Waals surface area contributed by atoms with Crippen LogP contribution in [0.25, 0.3) is 0 Å². The fourth-order valence-electron chi connectivity index (χ4n) is 0.672. The zero-order valence-corrected chi connectivity index (χ0v) is 6.24. The number of nitrogens with one attached hydrogen (secondary N) is 1. The maximum atomic E-state index is 9.95. The lowest BCUT2D eigenvalue weighted by Crippen LogP contribution is -1.98. The van der Waals surface area contributed by atoms with Crippen LogP contribution in [0.2, 0.25) is 0 Å². The topological polar surface area (TPSA) is 54.9 Å². The van der Waals surface area contributed by atoms with E-state index in [4.69, 9.17) is 0 Å². The molecule has 0 spiro atoms. The Hall–Kier alpha value is -1.45. The minimum atomic E-state index is 0.484. The van der Waals surface area contributed by atoms with E-state index in [2.05, 4.69) is 15.3 Å². The molecule has 11 heavy (non-hydrogen) atoms. The molecule has 0 atom stereocenters. The molecule has 1 aromatic heterocycles. The van der Waals surface area contributed by atoms with Crippen LogP contribution in [0, 0.1) is 0 Å². The number of hydrogen-bond donors (Lipinski definition) is 1. The molecule has 0 saturated heterocycles. The third-order valence-corrected chi connectivity index (χ3v) is 1.27.